The van der Waals surface area contributed by atoms with Crippen molar-refractivity contribution >= 4 is 5.97 Å². The van der Waals surface area contributed by atoms with E-state index in [1.54, 1.807) is 0 Å². The van der Waals surface area contributed by atoms with E-state index in [0.717, 1.165) is 38.9 Å². The number of likely N-dealkylation sites (tertiary alicyclic amines) is 1. The molecule has 1 aliphatic rings. The topological polar surface area (TPSA) is 40.5 Å². The molecule has 0 aromatic rings. The second-order valence-electron chi connectivity index (χ2n) is 5.17. The van der Waals surface area contributed by atoms with Crippen LogP contribution in [0.3, 0.4) is 0 Å². The van der Waals surface area contributed by atoms with Gasteiger partial charge in [0.15, 0.2) is 0 Å². The number of piperidine rings is 1. The van der Waals surface area contributed by atoms with Gasteiger partial charge >= 0.3 is 5.97 Å². The Kier molecular flexibility index (Phi) is 4.14. The fourth-order valence-electron chi connectivity index (χ4n) is 2.34. The Morgan fingerprint density at radius 2 is 2.20 bits per heavy atom. The van der Waals surface area contributed by atoms with Gasteiger partial charge in [-0.2, -0.15) is 0 Å². The predicted octanol–water partition coefficient (Wildman–Crippen LogP) is 2.22. The van der Waals surface area contributed by atoms with Crippen molar-refractivity contribution in [2.24, 2.45) is 11.3 Å². The third-order valence-corrected chi connectivity index (χ3v) is 3.62. The number of carboxylic acid groups (broad SMARTS) is 1. The Bertz CT molecular complexity index is 224. The van der Waals surface area contributed by atoms with E-state index < -0.39 is 11.4 Å². The van der Waals surface area contributed by atoms with Crippen LogP contribution in [-0.4, -0.2) is 35.6 Å². The first-order valence-electron chi connectivity index (χ1n) is 5.94. The normalized spacial score (nSPS) is 24.1. The molecule has 0 aromatic heterocycles. The molecule has 0 bridgehead atoms. The number of aliphatic carboxylic acids is 1. The SMILES string of the molecule is CCCN1CCCC(C(C)(C)C(=O)O)C1. The van der Waals surface area contributed by atoms with Crippen molar-refractivity contribution in [1.82, 2.24) is 4.90 Å². The van der Waals surface area contributed by atoms with Crippen LogP contribution in [0.2, 0.25) is 0 Å². The highest BCUT2D eigenvalue weighted by Gasteiger charge is 2.38. The largest absolute Gasteiger partial charge is 0.481 e. The average molecular weight is 213 g/mol. The second-order valence-corrected chi connectivity index (χ2v) is 5.17. The van der Waals surface area contributed by atoms with Crippen molar-refractivity contribution in [3.63, 3.8) is 0 Å². The van der Waals surface area contributed by atoms with Gasteiger partial charge in [0.2, 0.25) is 0 Å². The summed E-state index contributed by atoms with van der Waals surface area (Å²) in [4.78, 5) is 13.6. The molecule has 1 fully saturated rings. The summed E-state index contributed by atoms with van der Waals surface area (Å²) in [5.74, 6) is -0.360. The summed E-state index contributed by atoms with van der Waals surface area (Å²) < 4.78 is 0. The lowest BCUT2D eigenvalue weighted by molar-refractivity contribution is -0.151. The second kappa shape index (κ2) is 4.97. The molecule has 1 unspecified atom stereocenters. The van der Waals surface area contributed by atoms with Crippen LogP contribution in [0, 0.1) is 11.3 Å². The number of carboxylic acids is 1. The van der Waals surface area contributed by atoms with Crippen molar-refractivity contribution in [2.45, 2.75) is 40.0 Å². The zero-order valence-electron chi connectivity index (χ0n) is 10.1. The summed E-state index contributed by atoms with van der Waals surface area (Å²) in [5, 5.41) is 9.19. The van der Waals surface area contributed by atoms with E-state index in [-0.39, 0.29) is 0 Å². The van der Waals surface area contributed by atoms with Crippen LogP contribution in [0.15, 0.2) is 0 Å². The number of hydrogen-bond acceptors (Lipinski definition) is 2. The van der Waals surface area contributed by atoms with Crippen molar-refractivity contribution in [2.75, 3.05) is 19.6 Å². The fraction of sp³-hybridized carbons (Fsp3) is 0.917. The lowest BCUT2D eigenvalue weighted by Gasteiger charge is -2.39. The lowest BCUT2D eigenvalue weighted by atomic mass is 9.74. The smallest absolute Gasteiger partial charge is 0.309 e. The minimum atomic E-state index is -0.661. The zero-order valence-corrected chi connectivity index (χ0v) is 10.1. The standard InChI is InChI=1S/C12H23NO2/c1-4-7-13-8-5-6-10(9-13)12(2,3)11(14)15/h10H,4-9H2,1-3H3,(H,14,15). The van der Waals surface area contributed by atoms with Gasteiger partial charge in [0.25, 0.3) is 0 Å². The van der Waals surface area contributed by atoms with Gasteiger partial charge in [-0.3, -0.25) is 4.79 Å². The highest BCUT2D eigenvalue weighted by molar-refractivity contribution is 5.74. The Labute approximate surface area is 92.5 Å². The molecular weight excluding hydrogens is 190 g/mol. The van der Waals surface area contributed by atoms with Gasteiger partial charge in [-0.15, -0.1) is 0 Å². The van der Waals surface area contributed by atoms with Crippen molar-refractivity contribution in [1.29, 1.82) is 0 Å². The van der Waals surface area contributed by atoms with Crippen LogP contribution in [-0.2, 0) is 4.79 Å². The number of rotatable bonds is 4. The van der Waals surface area contributed by atoms with Crippen molar-refractivity contribution < 1.29 is 9.90 Å². The van der Waals surface area contributed by atoms with E-state index in [1.165, 1.54) is 0 Å². The first kappa shape index (κ1) is 12.5. The molecule has 0 radical (unpaired) electrons. The molecule has 88 valence electrons. The van der Waals surface area contributed by atoms with Crippen LogP contribution >= 0.6 is 0 Å². The van der Waals surface area contributed by atoms with Gasteiger partial charge in [-0.25, -0.2) is 0 Å². The average Bonchev–Trinajstić information content (AvgIpc) is 2.18. The van der Waals surface area contributed by atoms with E-state index in [9.17, 15) is 9.90 Å². The van der Waals surface area contributed by atoms with Crippen molar-refractivity contribution in [3.05, 3.63) is 0 Å². The molecular formula is C12H23NO2. The Balaban J connectivity index is 2.59. The summed E-state index contributed by atoms with van der Waals surface area (Å²) in [6, 6.07) is 0. The summed E-state index contributed by atoms with van der Waals surface area (Å²) in [7, 11) is 0. The number of carbonyl (C=O) groups is 1. The van der Waals surface area contributed by atoms with E-state index in [0.29, 0.717) is 5.92 Å². The summed E-state index contributed by atoms with van der Waals surface area (Å²) >= 11 is 0. The van der Waals surface area contributed by atoms with E-state index in [2.05, 4.69) is 11.8 Å². The number of nitrogens with zero attached hydrogens (tertiary/aromatic N) is 1. The maximum Gasteiger partial charge on any atom is 0.309 e. The molecule has 1 atom stereocenters. The highest BCUT2D eigenvalue weighted by Crippen LogP contribution is 2.34. The first-order valence-corrected chi connectivity index (χ1v) is 5.94. The van der Waals surface area contributed by atoms with E-state index in [4.69, 9.17) is 0 Å². The van der Waals surface area contributed by atoms with Crippen LogP contribution in [0.1, 0.15) is 40.0 Å². The molecule has 3 heteroatoms. The Morgan fingerprint density at radius 3 is 2.73 bits per heavy atom. The quantitative estimate of drug-likeness (QED) is 0.778. The van der Waals surface area contributed by atoms with Crippen LogP contribution in [0.4, 0.5) is 0 Å². The van der Waals surface area contributed by atoms with Crippen molar-refractivity contribution in [3.8, 4) is 0 Å². The molecule has 0 aliphatic carbocycles. The van der Waals surface area contributed by atoms with Gasteiger partial charge in [-0.1, -0.05) is 6.92 Å². The molecule has 3 nitrogen and oxygen atoms in total. The molecule has 0 aromatic carbocycles. The molecule has 15 heavy (non-hydrogen) atoms. The third-order valence-electron chi connectivity index (χ3n) is 3.62. The number of hydrogen-bond donors (Lipinski definition) is 1. The molecule has 1 N–H and O–H groups in total. The minimum absolute atomic E-state index is 0.301. The highest BCUT2D eigenvalue weighted by atomic mass is 16.4. The molecule has 0 spiro atoms. The van der Waals surface area contributed by atoms with Gasteiger partial charge in [0.1, 0.15) is 0 Å². The van der Waals surface area contributed by atoms with E-state index >= 15 is 0 Å². The minimum Gasteiger partial charge on any atom is -0.481 e. The van der Waals surface area contributed by atoms with Crippen LogP contribution < -0.4 is 0 Å². The molecule has 1 rings (SSSR count). The van der Waals surface area contributed by atoms with Gasteiger partial charge in [0.05, 0.1) is 5.41 Å². The van der Waals surface area contributed by atoms with Crippen LogP contribution in [0.5, 0.6) is 0 Å². The lowest BCUT2D eigenvalue weighted by Crippen LogP contribution is -2.44. The summed E-state index contributed by atoms with van der Waals surface area (Å²) in [5.41, 5.74) is -0.577. The first-order chi connectivity index (χ1) is 6.98. The Hall–Kier alpha value is -0.570. The maximum atomic E-state index is 11.2. The third kappa shape index (κ3) is 2.94. The van der Waals surface area contributed by atoms with E-state index in [1.807, 2.05) is 13.8 Å². The molecule has 0 saturated carbocycles. The fourth-order valence-corrected chi connectivity index (χ4v) is 2.34. The van der Waals surface area contributed by atoms with Gasteiger partial charge in [0, 0.05) is 6.54 Å². The van der Waals surface area contributed by atoms with Crippen LogP contribution in [0.25, 0.3) is 0 Å². The monoisotopic (exact) mass is 213 g/mol. The molecule has 0 amide bonds. The summed E-state index contributed by atoms with van der Waals surface area (Å²) in [6.45, 7) is 9.08. The van der Waals surface area contributed by atoms with Gasteiger partial charge < -0.3 is 10.0 Å². The zero-order chi connectivity index (χ0) is 11.5. The van der Waals surface area contributed by atoms with Gasteiger partial charge in [-0.05, 0) is 52.1 Å². The predicted molar refractivity (Wildman–Crippen MR) is 60.9 cm³/mol. The molecule has 1 saturated heterocycles. The Morgan fingerprint density at radius 1 is 1.53 bits per heavy atom. The summed E-state index contributed by atoms with van der Waals surface area (Å²) in [6.07, 6.45) is 3.35. The molecule has 1 heterocycles. The molecule has 1 aliphatic heterocycles. The maximum absolute atomic E-state index is 11.2.